The van der Waals surface area contributed by atoms with Crippen LogP contribution in [0, 0.1) is 6.92 Å². The lowest BCUT2D eigenvalue weighted by Crippen LogP contribution is -2.27. The Hall–Kier alpha value is -2.43. The minimum Gasteiger partial charge on any atom is -0.385 e. The van der Waals surface area contributed by atoms with Crippen molar-refractivity contribution in [2.24, 2.45) is 0 Å². The first-order chi connectivity index (χ1) is 10.1. The summed E-state index contributed by atoms with van der Waals surface area (Å²) in [5.74, 6) is -0.0656. The van der Waals surface area contributed by atoms with Crippen molar-refractivity contribution in [3.8, 4) is 0 Å². The number of aryl methyl sites for hydroxylation is 1. The summed E-state index contributed by atoms with van der Waals surface area (Å²) in [6.07, 6.45) is 3.36. The van der Waals surface area contributed by atoms with E-state index in [9.17, 15) is 4.79 Å². The van der Waals surface area contributed by atoms with E-state index in [1.807, 2.05) is 38.1 Å². The van der Waals surface area contributed by atoms with Gasteiger partial charge in [0.2, 0.25) is 0 Å². The van der Waals surface area contributed by atoms with Crippen LogP contribution in [0.2, 0.25) is 0 Å². The fraction of sp³-hybridized carbons (Fsp3) is 0.312. The van der Waals surface area contributed by atoms with Gasteiger partial charge in [0.25, 0.3) is 5.91 Å². The highest BCUT2D eigenvalue weighted by molar-refractivity contribution is 5.99. The molecule has 0 spiro atoms. The van der Waals surface area contributed by atoms with Crippen LogP contribution in [0.3, 0.4) is 0 Å². The molecule has 110 valence electrons. The Morgan fingerprint density at radius 3 is 2.81 bits per heavy atom. The predicted octanol–water partition coefficient (Wildman–Crippen LogP) is 2.49. The van der Waals surface area contributed by atoms with Crippen LogP contribution in [0.5, 0.6) is 0 Å². The molecule has 0 aromatic carbocycles. The third kappa shape index (κ3) is 3.78. The van der Waals surface area contributed by atoms with Crippen LogP contribution >= 0.6 is 0 Å². The van der Waals surface area contributed by atoms with E-state index >= 15 is 0 Å². The monoisotopic (exact) mass is 284 g/mol. The number of hydrogen-bond acceptors (Lipinski definition) is 4. The fourth-order valence-corrected chi connectivity index (χ4v) is 2.08. The molecule has 0 radical (unpaired) electrons. The highest BCUT2D eigenvalue weighted by Gasteiger charge is 2.17. The third-order valence-electron chi connectivity index (χ3n) is 3.11. The molecule has 0 fully saturated rings. The van der Waals surface area contributed by atoms with E-state index in [2.05, 4.69) is 15.3 Å². The van der Waals surface area contributed by atoms with Crippen LogP contribution in [0.4, 0.5) is 5.69 Å². The van der Waals surface area contributed by atoms with Gasteiger partial charge in [0.1, 0.15) is 0 Å². The molecule has 0 aliphatic rings. The molecular formula is C16H20N4O. The van der Waals surface area contributed by atoms with Crippen molar-refractivity contribution < 1.29 is 4.79 Å². The Bertz CT molecular complexity index is 613. The van der Waals surface area contributed by atoms with Gasteiger partial charge in [-0.15, -0.1) is 0 Å². The first-order valence-corrected chi connectivity index (χ1v) is 6.97. The van der Waals surface area contributed by atoms with Crippen molar-refractivity contribution in [1.29, 1.82) is 0 Å². The molecule has 2 heterocycles. The molecule has 0 unspecified atom stereocenters. The zero-order valence-electron chi connectivity index (χ0n) is 12.6. The van der Waals surface area contributed by atoms with E-state index in [1.54, 1.807) is 24.3 Å². The number of amides is 1. The molecule has 1 amide bonds. The topological polar surface area (TPSA) is 58.1 Å². The van der Waals surface area contributed by atoms with Gasteiger partial charge in [-0.2, -0.15) is 0 Å². The Kier molecular flexibility index (Phi) is 4.87. The van der Waals surface area contributed by atoms with Crippen molar-refractivity contribution in [2.75, 3.05) is 18.9 Å². The zero-order chi connectivity index (χ0) is 15.2. The molecule has 2 aromatic rings. The molecule has 21 heavy (non-hydrogen) atoms. The first-order valence-electron chi connectivity index (χ1n) is 6.97. The number of nitrogens with one attached hydrogen (secondary N) is 1. The van der Waals surface area contributed by atoms with Gasteiger partial charge in [0, 0.05) is 31.7 Å². The van der Waals surface area contributed by atoms with Crippen molar-refractivity contribution >= 4 is 11.6 Å². The molecule has 5 nitrogen and oxygen atoms in total. The largest absolute Gasteiger partial charge is 0.385 e. The van der Waals surface area contributed by atoms with Gasteiger partial charge in [-0.3, -0.25) is 14.8 Å². The summed E-state index contributed by atoms with van der Waals surface area (Å²) in [5.41, 5.74) is 3.15. The number of hydrogen-bond donors (Lipinski definition) is 1. The number of pyridine rings is 2. The maximum absolute atomic E-state index is 12.6. The molecule has 0 aliphatic carbocycles. The molecule has 0 bridgehead atoms. The molecule has 2 aromatic heterocycles. The maximum Gasteiger partial charge on any atom is 0.257 e. The molecule has 0 saturated carbocycles. The number of anilines is 1. The van der Waals surface area contributed by atoms with E-state index in [4.69, 9.17) is 0 Å². The lowest BCUT2D eigenvalue weighted by Gasteiger charge is -2.19. The molecule has 0 atom stereocenters. The molecular weight excluding hydrogens is 264 g/mol. The van der Waals surface area contributed by atoms with Crippen molar-refractivity contribution in [1.82, 2.24) is 14.9 Å². The SMILES string of the molecule is CCNc1cc(C)ncc1C(=O)N(C)Cc1ccccn1. The highest BCUT2D eigenvalue weighted by atomic mass is 16.2. The average Bonchev–Trinajstić information content (AvgIpc) is 2.48. The summed E-state index contributed by atoms with van der Waals surface area (Å²) < 4.78 is 0. The second kappa shape index (κ2) is 6.83. The molecule has 5 heteroatoms. The highest BCUT2D eigenvalue weighted by Crippen LogP contribution is 2.18. The summed E-state index contributed by atoms with van der Waals surface area (Å²) in [6, 6.07) is 7.57. The zero-order valence-corrected chi connectivity index (χ0v) is 12.6. The van der Waals surface area contributed by atoms with Crippen LogP contribution in [-0.2, 0) is 6.54 Å². The van der Waals surface area contributed by atoms with Gasteiger partial charge < -0.3 is 10.2 Å². The summed E-state index contributed by atoms with van der Waals surface area (Å²) in [7, 11) is 1.77. The van der Waals surface area contributed by atoms with Crippen LogP contribution < -0.4 is 5.32 Å². The predicted molar refractivity (Wildman–Crippen MR) is 83.2 cm³/mol. The summed E-state index contributed by atoms with van der Waals surface area (Å²) in [5, 5.41) is 3.21. The fourth-order valence-electron chi connectivity index (χ4n) is 2.08. The minimum atomic E-state index is -0.0656. The number of carbonyl (C=O) groups is 1. The number of nitrogens with zero attached hydrogens (tertiary/aromatic N) is 3. The van der Waals surface area contributed by atoms with Gasteiger partial charge in [-0.25, -0.2) is 0 Å². The Morgan fingerprint density at radius 2 is 2.14 bits per heavy atom. The van der Waals surface area contributed by atoms with Crippen LogP contribution in [-0.4, -0.2) is 34.4 Å². The molecule has 0 aliphatic heterocycles. The van der Waals surface area contributed by atoms with E-state index < -0.39 is 0 Å². The number of carbonyl (C=O) groups excluding carboxylic acids is 1. The first kappa shape index (κ1) is 15.0. The maximum atomic E-state index is 12.6. The Balaban J connectivity index is 2.19. The van der Waals surface area contributed by atoms with Crippen molar-refractivity contribution in [2.45, 2.75) is 20.4 Å². The molecule has 0 saturated heterocycles. The standard InChI is InChI=1S/C16H20N4O/c1-4-17-15-9-12(2)19-10-14(15)16(21)20(3)11-13-7-5-6-8-18-13/h5-10H,4,11H2,1-3H3,(H,17,19). The normalized spacial score (nSPS) is 10.2. The second-order valence-electron chi connectivity index (χ2n) is 4.88. The lowest BCUT2D eigenvalue weighted by molar-refractivity contribution is 0.0784. The van der Waals surface area contributed by atoms with Crippen molar-refractivity contribution in [3.05, 3.63) is 53.6 Å². The van der Waals surface area contributed by atoms with Gasteiger partial charge in [0.05, 0.1) is 23.5 Å². The lowest BCUT2D eigenvalue weighted by atomic mass is 10.1. The van der Waals surface area contributed by atoms with Gasteiger partial charge >= 0.3 is 0 Å². The smallest absolute Gasteiger partial charge is 0.257 e. The van der Waals surface area contributed by atoms with Crippen LogP contribution in [0.15, 0.2) is 36.7 Å². The van der Waals surface area contributed by atoms with E-state index in [0.29, 0.717) is 12.1 Å². The quantitative estimate of drug-likeness (QED) is 0.916. The molecule has 1 N–H and O–H groups in total. The van der Waals surface area contributed by atoms with Crippen molar-refractivity contribution in [3.63, 3.8) is 0 Å². The third-order valence-corrected chi connectivity index (χ3v) is 3.11. The number of rotatable bonds is 5. The summed E-state index contributed by atoms with van der Waals surface area (Å²) in [6.45, 7) is 5.14. The van der Waals surface area contributed by atoms with E-state index in [-0.39, 0.29) is 5.91 Å². The summed E-state index contributed by atoms with van der Waals surface area (Å²) in [4.78, 5) is 22.7. The van der Waals surface area contributed by atoms with Gasteiger partial charge in [-0.1, -0.05) is 6.07 Å². The minimum absolute atomic E-state index is 0.0656. The second-order valence-corrected chi connectivity index (χ2v) is 4.88. The van der Waals surface area contributed by atoms with E-state index in [0.717, 1.165) is 23.6 Å². The van der Waals surface area contributed by atoms with E-state index in [1.165, 1.54) is 0 Å². The van der Waals surface area contributed by atoms with Gasteiger partial charge in [-0.05, 0) is 32.0 Å². The summed E-state index contributed by atoms with van der Waals surface area (Å²) >= 11 is 0. The Labute approximate surface area is 125 Å². The van der Waals surface area contributed by atoms with Crippen LogP contribution in [0.1, 0.15) is 28.7 Å². The average molecular weight is 284 g/mol. The van der Waals surface area contributed by atoms with Gasteiger partial charge in [0.15, 0.2) is 0 Å². The Morgan fingerprint density at radius 1 is 1.33 bits per heavy atom. The van der Waals surface area contributed by atoms with Crippen LogP contribution in [0.25, 0.3) is 0 Å². The number of aromatic nitrogens is 2. The molecule has 2 rings (SSSR count).